The number of benzene rings is 2. The van der Waals surface area contributed by atoms with Crippen LogP contribution < -0.4 is 10.6 Å². The Morgan fingerprint density at radius 3 is 2.26 bits per heavy atom. The van der Waals surface area contributed by atoms with Gasteiger partial charge in [0.1, 0.15) is 5.00 Å². The van der Waals surface area contributed by atoms with Crippen LogP contribution in [0.25, 0.3) is 0 Å². The first-order valence-corrected chi connectivity index (χ1v) is 12.6. The highest BCUT2D eigenvalue weighted by molar-refractivity contribution is 7.17. The topological polar surface area (TPSA) is 95.6 Å². The van der Waals surface area contributed by atoms with Crippen LogP contribution in [-0.4, -0.2) is 35.1 Å². The molecule has 2 heterocycles. The predicted molar refractivity (Wildman–Crippen MR) is 134 cm³/mol. The maximum absolute atomic E-state index is 13.2. The summed E-state index contributed by atoms with van der Waals surface area (Å²) in [6, 6.07) is 16.3. The van der Waals surface area contributed by atoms with Crippen molar-refractivity contribution < 1.29 is 19.2 Å². The average Bonchev–Trinajstić information content (AvgIpc) is 3.36. The highest BCUT2D eigenvalue weighted by Crippen LogP contribution is 2.38. The van der Waals surface area contributed by atoms with Gasteiger partial charge in [0.05, 0.1) is 16.7 Å². The number of nitrogens with one attached hydrogen (secondary N) is 2. The van der Waals surface area contributed by atoms with E-state index in [0.29, 0.717) is 28.2 Å². The fraction of sp³-hybridized carbons (Fsp3) is 0.259. The van der Waals surface area contributed by atoms with Crippen molar-refractivity contribution in [2.45, 2.75) is 38.6 Å². The molecule has 0 radical (unpaired) electrons. The molecule has 0 saturated carbocycles. The fourth-order valence-electron chi connectivity index (χ4n) is 4.61. The number of amides is 4. The molecule has 0 fully saturated rings. The minimum Gasteiger partial charge on any atom is -0.348 e. The molecular weight excluding hydrogens is 462 g/mol. The van der Waals surface area contributed by atoms with Crippen LogP contribution in [0, 0.1) is 0 Å². The van der Waals surface area contributed by atoms with E-state index in [0.717, 1.165) is 46.6 Å². The number of carbonyl (C=O) groups is 4. The Morgan fingerprint density at radius 2 is 1.54 bits per heavy atom. The number of nitrogens with zero attached hydrogens (tertiary/aromatic N) is 1. The van der Waals surface area contributed by atoms with Crippen LogP contribution in [0.5, 0.6) is 0 Å². The maximum Gasteiger partial charge on any atom is 0.261 e. The first-order chi connectivity index (χ1) is 17.0. The molecule has 0 atom stereocenters. The second-order valence-corrected chi connectivity index (χ2v) is 9.79. The van der Waals surface area contributed by atoms with Crippen molar-refractivity contribution in [1.82, 2.24) is 10.2 Å². The van der Waals surface area contributed by atoms with Gasteiger partial charge in [0.25, 0.3) is 17.7 Å². The number of anilines is 1. The number of hydrogen-bond acceptors (Lipinski definition) is 5. The molecule has 178 valence electrons. The van der Waals surface area contributed by atoms with Gasteiger partial charge in [0.2, 0.25) is 5.91 Å². The van der Waals surface area contributed by atoms with Crippen LogP contribution in [0.15, 0.2) is 54.6 Å². The summed E-state index contributed by atoms with van der Waals surface area (Å²) in [5.74, 6) is -1.31. The van der Waals surface area contributed by atoms with Gasteiger partial charge in [-0.25, -0.2) is 0 Å². The van der Waals surface area contributed by atoms with Gasteiger partial charge in [-0.05, 0) is 48.9 Å². The summed E-state index contributed by atoms with van der Waals surface area (Å²) in [5.41, 5.74) is 3.27. The molecule has 35 heavy (non-hydrogen) atoms. The molecule has 0 unspecified atom stereocenters. The molecule has 5 rings (SSSR count). The molecule has 0 spiro atoms. The predicted octanol–water partition coefficient (Wildman–Crippen LogP) is 4.18. The summed E-state index contributed by atoms with van der Waals surface area (Å²) in [6.07, 6.45) is 3.73. The van der Waals surface area contributed by atoms with E-state index in [1.165, 1.54) is 11.3 Å². The van der Waals surface area contributed by atoms with Crippen molar-refractivity contribution in [2.75, 3.05) is 11.9 Å². The number of imide groups is 1. The van der Waals surface area contributed by atoms with Gasteiger partial charge < -0.3 is 10.6 Å². The van der Waals surface area contributed by atoms with Crippen molar-refractivity contribution in [3.05, 3.63) is 87.3 Å². The highest BCUT2D eigenvalue weighted by atomic mass is 32.1. The molecule has 1 aromatic heterocycles. The van der Waals surface area contributed by atoms with Gasteiger partial charge >= 0.3 is 0 Å². The van der Waals surface area contributed by atoms with Crippen LogP contribution >= 0.6 is 11.3 Å². The van der Waals surface area contributed by atoms with E-state index in [1.807, 2.05) is 30.3 Å². The number of hydrogen-bond donors (Lipinski definition) is 2. The third-order valence-electron chi connectivity index (χ3n) is 6.39. The van der Waals surface area contributed by atoms with Gasteiger partial charge in [-0.2, -0.15) is 0 Å². The summed E-state index contributed by atoms with van der Waals surface area (Å²) in [5, 5.41) is 6.41. The van der Waals surface area contributed by atoms with E-state index < -0.39 is 0 Å². The second kappa shape index (κ2) is 9.84. The lowest BCUT2D eigenvalue weighted by Crippen LogP contribution is -2.33. The van der Waals surface area contributed by atoms with E-state index in [2.05, 4.69) is 10.6 Å². The van der Waals surface area contributed by atoms with Crippen molar-refractivity contribution in [2.24, 2.45) is 0 Å². The van der Waals surface area contributed by atoms with Crippen LogP contribution in [0.1, 0.15) is 66.3 Å². The first-order valence-electron chi connectivity index (χ1n) is 11.7. The monoisotopic (exact) mass is 487 g/mol. The zero-order valence-corrected chi connectivity index (χ0v) is 20.0. The average molecular weight is 488 g/mol. The molecule has 4 amide bonds. The molecule has 1 aliphatic carbocycles. The summed E-state index contributed by atoms with van der Waals surface area (Å²) in [4.78, 5) is 53.4. The van der Waals surface area contributed by atoms with E-state index in [4.69, 9.17) is 0 Å². The van der Waals surface area contributed by atoms with Crippen molar-refractivity contribution >= 4 is 40.0 Å². The third kappa shape index (κ3) is 4.61. The number of aryl methyl sites for hydroxylation is 1. The smallest absolute Gasteiger partial charge is 0.261 e. The molecular formula is C27H25N3O4S. The molecule has 3 aromatic rings. The number of thiophene rings is 1. The number of rotatable bonds is 7. The minimum absolute atomic E-state index is 0.0151. The fourth-order valence-corrected chi connectivity index (χ4v) is 5.91. The van der Waals surface area contributed by atoms with Gasteiger partial charge in [0.15, 0.2) is 0 Å². The van der Waals surface area contributed by atoms with Crippen LogP contribution in [0.4, 0.5) is 5.00 Å². The van der Waals surface area contributed by atoms with Crippen molar-refractivity contribution in [1.29, 1.82) is 0 Å². The molecule has 0 bridgehead atoms. The van der Waals surface area contributed by atoms with Crippen LogP contribution in [0.3, 0.4) is 0 Å². The molecule has 2 aromatic carbocycles. The highest BCUT2D eigenvalue weighted by Gasteiger charge is 2.35. The quantitative estimate of drug-likeness (QED) is 0.489. The van der Waals surface area contributed by atoms with Gasteiger partial charge in [-0.15, -0.1) is 11.3 Å². The normalized spacial score (nSPS) is 14.5. The Balaban J connectivity index is 1.28. The number of fused-ring (bicyclic) bond motifs is 2. The van der Waals surface area contributed by atoms with Gasteiger partial charge in [-0.3, -0.25) is 24.1 Å². The van der Waals surface area contributed by atoms with Crippen molar-refractivity contribution in [3.8, 4) is 0 Å². The van der Waals surface area contributed by atoms with Crippen molar-refractivity contribution in [3.63, 3.8) is 0 Å². The zero-order valence-electron chi connectivity index (χ0n) is 19.1. The number of carbonyl (C=O) groups excluding carboxylic acids is 4. The lowest BCUT2D eigenvalue weighted by molar-refractivity contribution is -0.116. The van der Waals surface area contributed by atoms with Crippen LogP contribution in [-0.2, 0) is 24.2 Å². The van der Waals surface area contributed by atoms with Gasteiger partial charge in [0, 0.05) is 24.4 Å². The Kier molecular flexibility index (Phi) is 6.46. The first kappa shape index (κ1) is 23.0. The lowest BCUT2D eigenvalue weighted by Gasteiger charge is -2.14. The summed E-state index contributed by atoms with van der Waals surface area (Å²) < 4.78 is 0. The van der Waals surface area contributed by atoms with E-state index in [9.17, 15) is 19.2 Å². The Morgan fingerprint density at radius 1 is 0.886 bits per heavy atom. The van der Waals surface area contributed by atoms with Crippen LogP contribution in [0.2, 0.25) is 0 Å². The summed E-state index contributed by atoms with van der Waals surface area (Å²) in [6.45, 7) is 0.385. The Hall–Kier alpha value is -3.78. The molecule has 8 heteroatoms. The third-order valence-corrected chi connectivity index (χ3v) is 7.60. The summed E-state index contributed by atoms with van der Waals surface area (Å²) in [7, 11) is 0. The SMILES string of the molecule is O=C(CCN1C(=O)c2ccccc2C1=O)Nc1sc2c(c1C(=O)NCc1ccccc1)CCCC2. The maximum atomic E-state index is 13.2. The minimum atomic E-state index is -0.383. The molecule has 1 aliphatic heterocycles. The summed E-state index contributed by atoms with van der Waals surface area (Å²) >= 11 is 1.45. The lowest BCUT2D eigenvalue weighted by atomic mass is 9.95. The second-order valence-electron chi connectivity index (χ2n) is 8.69. The van der Waals surface area contributed by atoms with E-state index >= 15 is 0 Å². The molecule has 2 aliphatic rings. The largest absolute Gasteiger partial charge is 0.348 e. The van der Waals surface area contributed by atoms with E-state index in [-0.39, 0.29) is 36.6 Å². The van der Waals surface area contributed by atoms with Gasteiger partial charge in [-0.1, -0.05) is 42.5 Å². The standard InChI is InChI=1S/C27H25N3O4S/c31-22(14-15-30-26(33)18-10-4-5-11-19(18)27(30)34)29-25-23(20-12-6-7-13-21(20)35-25)24(32)28-16-17-8-2-1-3-9-17/h1-5,8-11H,6-7,12-16H2,(H,28,32)(H,29,31). The zero-order chi connectivity index (χ0) is 24.4. The van der Waals surface area contributed by atoms with E-state index in [1.54, 1.807) is 24.3 Å². The Labute approximate surface area is 207 Å². The molecule has 2 N–H and O–H groups in total. The molecule has 0 saturated heterocycles. The Bertz CT molecular complexity index is 1280. The molecule has 7 nitrogen and oxygen atoms in total.